The van der Waals surface area contributed by atoms with Crippen molar-refractivity contribution in [1.29, 1.82) is 0 Å². The minimum Gasteiger partial charge on any atom is -0.497 e. The van der Waals surface area contributed by atoms with Crippen LogP contribution in [0, 0.1) is 0 Å². The zero-order chi connectivity index (χ0) is 22.5. The maximum Gasteiger partial charge on any atom is 0.241 e. The number of anilines is 1. The van der Waals surface area contributed by atoms with Crippen molar-refractivity contribution in [2.75, 3.05) is 31.3 Å². The fourth-order valence-corrected chi connectivity index (χ4v) is 3.96. The van der Waals surface area contributed by atoms with Crippen LogP contribution in [0.3, 0.4) is 0 Å². The summed E-state index contributed by atoms with van der Waals surface area (Å²) in [5.74, 6) is 1.14. The second-order valence-corrected chi connectivity index (χ2v) is 9.32. The van der Waals surface area contributed by atoms with Gasteiger partial charge in [-0.05, 0) is 48.7 Å². The topological polar surface area (TPSA) is 84.9 Å². The molecule has 0 radical (unpaired) electrons. The lowest BCUT2D eigenvalue weighted by Gasteiger charge is -2.24. The molecular weight excluding hydrogens is 404 g/mol. The number of amides is 1. The number of methoxy groups -OCH3 is 2. The van der Waals surface area contributed by atoms with Crippen LogP contribution in [0.1, 0.15) is 43.9 Å². The standard InChI is InChI=1S/C22H30N2O5S/c1-15(2)17-7-9-18(10-8-17)24(30(6,26)27)14-22(25)23-16(3)20-13-19(28-4)11-12-21(20)29-5/h7-13,15-16H,14H2,1-6H3,(H,23,25)/t16-/m0/s1. The van der Waals surface area contributed by atoms with Crippen molar-refractivity contribution in [2.45, 2.75) is 32.7 Å². The Morgan fingerprint density at radius 1 is 1.03 bits per heavy atom. The van der Waals surface area contributed by atoms with Gasteiger partial charge in [-0.2, -0.15) is 0 Å². The first-order valence-electron chi connectivity index (χ1n) is 9.65. The van der Waals surface area contributed by atoms with Gasteiger partial charge in [0.25, 0.3) is 0 Å². The number of benzene rings is 2. The summed E-state index contributed by atoms with van der Waals surface area (Å²) in [5, 5.41) is 2.84. The normalized spacial score (nSPS) is 12.4. The molecule has 1 N–H and O–H groups in total. The molecule has 0 aliphatic heterocycles. The van der Waals surface area contributed by atoms with Gasteiger partial charge in [0, 0.05) is 5.56 Å². The van der Waals surface area contributed by atoms with Crippen LogP contribution in [-0.2, 0) is 14.8 Å². The van der Waals surface area contributed by atoms with E-state index in [1.165, 1.54) is 0 Å². The highest BCUT2D eigenvalue weighted by Crippen LogP contribution is 2.29. The third-order valence-electron chi connectivity index (χ3n) is 4.82. The molecule has 30 heavy (non-hydrogen) atoms. The van der Waals surface area contributed by atoms with E-state index in [-0.39, 0.29) is 6.54 Å². The summed E-state index contributed by atoms with van der Waals surface area (Å²) in [6.07, 6.45) is 1.09. The molecular formula is C22H30N2O5S. The molecule has 0 aromatic heterocycles. The maximum absolute atomic E-state index is 12.7. The molecule has 2 aromatic rings. The minimum absolute atomic E-state index is 0.323. The molecule has 0 heterocycles. The summed E-state index contributed by atoms with van der Waals surface area (Å²) in [7, 11) is -0.536. The van der Waals surface area contributed by atoms with Crippen molar-refractivity contribution in [3.05, 3.63) is 53.6 Å². The van der Waals surface area contributed by atoms with Crippen molar-refractivity contribution in [3.8, 4) is 11.5 Å². The van der Waals surface area contributed by atoms with Gasteiger partial charge in [-0.3, -0.25) is 9.10 Å². The Bertz CT molecular complexity index is 972. The summed E-state index contributed by atoms with van der Waals surface area (Å²) in [4.78, 5) is 12.7. The van der Waals surface area contributed by atoms with E-state index in [4.69, 9.17) is 9.47 Å². The average molecular weight is 435 g/mol. The van der Waals surface area contributed by atoms with E-state index in [2.05, 4.69) is 19.2 Å². The van der Waals surface area contributed by atoms with Gasteiger partial charge < -0.3 is 14.8 Å². The number of carbonyl (C=O) groups is 1. The van der Waals surface area contributed by atoms with E-state index in [1.54, 1.807) is 51.5 Å². The zero-order valence-electron chi connectivity index (χ0n) is 18.3. The Kier molecular flexibility index (Phi) is 7.72. The predicted octanol–water partition coefficient (Wildman–Crippen LogP) is 3.47. The number of rotatable bonds is 9. The zero-order valence-corrected chi connectivity index (χ0v) is 19.1. The largest absolute Gasteiger partial charge is 0.497 e. The lowest BCUT2D eigenvalue weighted by atomic mass is 10.0. The van der Waals surface area contributed by atoms with E-state index >= 15 is 0 Å². The van der Waals surface area contributed by atoms with E-state index < -0.39 is 22.0 Å². The van der Waals surface area contributed by atoms with Crippen LogP contribution in [0.4, 0.5) is 5.69 Å². The second-order valence-electron chi connectivity index (χ2n) is 7.41. The fourth-order valence-electron chi connectivity index (χ4n) is 3.10. The van der Waals surface area contributed by atoms with E-state index in [9.17, 15) is 13.2 Å². The van der Waals surface area contributed by atoms with Gasteiger partial charge in [-0.15, -0.1) is 0 Å². The quantitative estimate of drug-likeness (QED) is 0.653. The van der Waals surface area contributed by atoms with Crippen LogP contribution in [-0.4, -0.2) is 41.3 Å². The van der Waals surface area contributed by atoms with Gasteiger partial charge in [0.05, 0.1) is 32.2 Å². The highest BCUT2D eigenvalue weighted by molar-refractivity contribution is 7.92. The Balaban J connectivity index is 2.21. The molecule has 0 bridgehead atoms. The van der Waals surface area contributed by atoms with E-state index in [0.717, 1.165) is 21.7 Å². The van der Waals surface area contributed by atoms with E-state index in [0.29, 0.717) is 23.1 Å². The van der Waals surface area contributed by atoms with Gasteiger partial charge in [0.15, 0.2) is 0 Å². The van der Waals surface area contributed by atoms with Gasteiger partial charge in [-0.25, -0.2) is 8.42 Å². The molecule has 0 aliphatic rings. The molecule has 0 spiro atoms. The number of ether oxygens (including phenoxy) is 2. The second kappa shape index (κ2) is 9.84. The average Bonchev–Trinajstić information content (AvgIpc) is 2.70. The number of nitrogens with one attached hydrogen (secondary N) is 1. The van der Waals surface area contributed by atoms with E-state index in [1.807, 2.05) is 12.1 Å². The minimum atomic E-state index is -3.64. The first-order chi connectivity index (χ1) is 14.1. The monoisotopic (exact) mass is 434 g/mol. The Hall–Kier alpha value is -2.74. The number of hydrogen-bond acceptors (Lipinski definition) is 5. The van der Waals surface area contributed by atoms with Gasteiger partial charge in [-0.1, -0.05) is 26.0 Å². The summed E-state index contributed by atoms with van der Waals surface area (Å²) in [6.45, 7) is 5.60. The van der Waals surface area contributed by atoms with Crippen molar-refractivity contribution >= 4 is 21.6 Å². The Morgan fingerprint density at radius 2 is 1.67 bits per heavy atom. The van der Waals surface area contributed by atoms with Gasteiger partial charge in [0.2, 0.25) is 15.9 Å². The summed E-state index contributed by atoms with van der Waals surface area (Å²) >= 11 is 0. The lowest BCUT2D eigenvalue weighted by molar-refractivity contribution is -0.120. The van der Waals surface area contributed by atoms with Crippen molar-refractivity contribution in [2.24, 2.45) is 0 Å². The van der Waals surface area contributed by atoms with Crippen LogP contribution in [0.5, 0.6) is 11.5 Å². The number of carbonyl (C=O) groups excluding carboxylic acids is 1. The highest BCUT2D eigenvalue weighted by atomic mass is 32.2. The van der Waals surface area contributed by atoms with Crippen LogP contribution in [0.2, 0.25) is 0 Å². The number of hydrogen-bond donors (Lipinski definition) is 1. The number of sulfonamides is 1. The summed E-state index contributed by atoms with van der Waals surface area (Å²) in [5.41, 5.74) is 2.27. The van der Waals surface area contributed by atoms with Crippen molar-refractivity contribution < 1.29 is 22.7 Å². The smallest absolute Gasteiger partial charge is 0.241 e. The molecule has 0 saturated carbocycles. The first-order valence-corrected chi connectivity index (χ1v) is 11.5. The molecule has 0 saturated heterocycles. The molecule has 1 atom stereocenters. The molecule has 7 nitrogen and oxygen atoms in total. The van der Waals surface area contributed by atoms with Crippen LogP contribution in [0.25, 0.3) is 0 Å². The Morgan fingerprint density at radius 3 is 2.17 bits per heavy atom. The Labute approximate surface area is 179 Å². The van der Waals surface area contributed by atoms with Crippen molar-refractivity contribution in [1.82, 2.24) is 5.32 Å². The van der Waals surface area contributed by atoms with Crippen LogP contribution in [0.15, 0.2) is 42.5 Å². The lowest BCUT2D eigenvalue weighted by Crippen LogP contribution is -2.41. The third-order valence-corrected chi connectivity index (χ3v) is 5.96. The molecule has 0 fully saturated rings. The maximum atomic E-state index is 12.7. The fraction of sp³-hybridized carbons (Fsp3) is 0.409. The van der Waals surface area contributed by atoms with Crippen molar-refractivity contribution in [3.63, 3.8) is 0 Å². The molecule has 2 rings (SSSR count). The molecule has 8 heteroatoms. The predicted molar refractivity (Wildman–Crippen MR) is 119 cm³/mol. The number of nitrogens with zero attached hydrogens (tertiary/aromatic N) is 1. The molecule has 0 unspecified atom stereocenters. The van der Waals surface area contributed by atoms with Crippen LogP contribution < -0.4 is 19.1 Å². The molecule has 164 valence electrons. The van der Waals surface area contributed by atoms with Gasteiger partial charge >= 0.3 is 0 Å². The van der Waals surface area contributed by atoms with Gasteiger partial charge in [0.1, 0.15) is 18.0 Å². The molecule has 0 aliphatic carbocycles. The highest BCUT2D eigenvalue weighted by Gasteiger charge is 2.23. The molecule has 1 amide bonds. The van der Waals surface area contributed by atoms with Crippen LogP contribution >= 0.6 is 0 Å². The third kappa shape index (κ3) is 5.89. The first kappa shape index (κ1) is 23.5. The summed E-state index contributed by atoms with van der Waals surface area (Å²) in [6, 6.07) is 12.1. The SMILES string of the molecule is COc1ccc(OC)c([C@H](C)NC(=O)CN(c2ccc(C(C)C)cc2)S(C)(=O)=O)c1. The summed E-state index contributed by atoms with van der Waals surface area (Å²) < 4.78 is 36.4. The molecule has 2 aromatic carbocycles.